The number of ether oxygens (including phenoxy) is 2. The Labute approximate surface area is 205 Å². The van der Waals surface area contributed by atoms with E-state index in [4.69, 9.17) is 9.47 Å². The quantitative estimate of drug-likeness (QED) is 0.221. The minimum atomic E-state index is -0.737. The number of hydrogen-bond donors (Lipinski definition) is 2. The number of carbonyl (C=O) groups excluding carboxylic acids is 1. The van der Waals surface area contributed by atoms with Crippen LogP contribution < -0.4 is 20.2 Å². The normalized spacial score (nSPS) is 10.6. The number of amides is 1. The van der Waals surface area contributed by atoms with Crippen molar-refractivity contribution in [2.75, 3.05) is 24.0 Å². The minimum Gasteiger partial charge on any atom is -0.490 e. The molecule has 12 nitrogen and oxygen atoms in total. The van der Waals surface area contributed by atoms with Gasteiger partial charge in [0.2, 0.25) is 0 Å². The molecule has 0 unspecified atom stereocenters. The number of nitro benzene ring substituents is 2. The first-order valence-electron chi connectivity index (χ1n) is 10.7. The van der Waals surface area contributed by atoms with Crippen molar-refractivity contribution in [3.63, 3.8) is 0 Å². The summed E-state index contributed by atoms with van der Waals surface area (Å²) >= 11 is 0. The van der Waals surface area contributed by atoms with Crippen LogP contribution in [0, 0.1) is 27.2 Å². The number of nitrogens with one attached hydrogen (secondary N) is 2. The molecular formula is C24H23N5O7. The van der Waals surface area contributed by atoms with E-state index in [1.165, 1.54) is 12.3 Å². The third kappa shape index (κ3) is 7.00. The Hall–Kier alpha value is -5.00. The molecule has 0 atom stereocenters. The van der Waals surface area contributed by atoms with Crippen LogP contribution in [0.2, 0.25) is 0 Å². The largest absolute Gasteiger partial charge is 0.490 e. The van der Waals surface area contributed by atoms with Crippen molar-refractivity contribution < 1.29 is 24.1 Å². The molecule has 0 saturated heterocycles. The summed E-state index contributed by atoms with van der Waals surface area (Å²) in [5, 5.41) is 28.8. The Morgan fingerprint density at radius 3 is 2.39 bits per heavy atom. The van der Waals surface area contributed by atoms with Gasteiger partial charge in [0.25, 0.3) is 11.6 Å². The van der Waals surface area contributed by atoms with Gasteiger partial charge in [-0.05, 0) is 55.8 Å². The van der Waals surface area contributed by atoms with E-state index in [0.29, 0.717) is 29.4 Å². The maximum absolute atomic E-state index is 12.2. The van der Waals surface area contributed by atoms with E-state index in [9.17, 15) is 25.0 Å². The van der Waals surface area contributed by atoms with Crippen LogP contribution in [0.1, 0.15) is 18.1 Å². The number of non-ortho nitro benzene ring substituents is 1. The average molecular weight is 493 g/mol. The molecule has 0 heterocycles. The predicted octanol–water partition coefficient (Wildman–Crippen LogP) is 4.67. The Bertz CT molecular complexity index is 1290. The summed E-state index contributed by atoms with van der Waals surface area (Å²) in [6, 6.07) is 15.5. The zero-order valence-electron chi connectivity index (χ0n) is 19.5. The zero-order valence-corrected chi connectivity index (χ0v) is 19.5. The van der Waals surface area contributed by atoms with Gasteiger partial charge in [-0.2, -0.15) is 5.10 Å². The zero-order chi connectivity index (χ0) is 26.1. The molecule has 2 N–H and O–H groups in total. The van der Waals surface area contributed by atoms with Gasteiger partial charge in [-0.15, -0.1) is 0 Å². The number of benzene rings is 3. The monoisotopic (exact) mass is 493 g/mol. The van der Waals surface area contributed by atoms with Crippen LogP contribution >= 0.6 is 0 Å². The molecule has 0 fully saturated rings. The van der Waals surface area contributed by atoms with Crippen molar-refractivity contribution >= 4 is 34.9 Å². The van der Waals surface area contributed by atoms with Gasteiger partial charge in [-0.25, -0.2) is 0 Å². The molecule has 0 spiro atoms. The van der Waals surface area contributed by atoms with E-state index in [-0.39, 0.29) is 18.2 Å². The maximum Gasteiger partial charge on any atom is 0.301 e. The van der Waals surface area contributed by atoms with E-state index in [0.717, 1.165) is 17.7 Å². The first kappa shape index (κ1) is 25.6. The summed E-state index contributed by atoms with van der Waals surface area (Å²) in [7, 11) is 0. The number of nitrogens with zero attached hydrogens (tertiary/aromatic N) is 3. The number of carbonyl (C=O) groups is 1. The standard InChI is InChI=1S/C24H23N5O7/c1-3-35-23-12-17(14-25-27-20-10-9-19(28(31)32)13-21(20)29(33)34)6-11-22(23)36-15-24(30)26-18-7-4-16(2)5-8-18/h4-14,27H,3,15H2,1-2H3,(H,26,30)/b25-14+. The number of rotatable bonds is 11. The number of hydrogen-bond acceptors (Lipinski definition) is 9. The fraction of sp³-hybridized carbons (Fsp3) is 0.167. The van der Waals surface area contributed by atoms with Crippen LogP contribution in [0.15, 0.2) is 65.8 Å². The van der Waals surface area contributed by atoms with Crippen LogP contribution in [0.3, 0.4) is 0 Å². The second-order valence-corrected chi connectivity index (χ2v) is 7.43. The molecule has 0 aliphatic rings. The lowest BCUT2D eigenvalue weighted by molar-refractivity contribution is -0.393. The first-order chi connectivity index (χ1) is 17.3. The summed E-state index contributed by atoms with van der Waals surface area (Å²) < 4.78 is 11.2. The maximum atomic E-state index is 12.2. The van der Waals surface area contributed by atoms with E-state index in [2.05, 4.69) is 15.8 Å². The molecule has 186 valence electrons. The first-order valence-corrected chi connectivity index (χ1v) is 10.7. The summed E-state index contributed by atoms with van der Waals surface area (Å²) in [5.41, 5.74) is 3.94. The molecule has 0 aromatic heterocycles. The molecule has 3 rings (SSSR count). The average Bonchev–Trinajstić information content (AvgIpc) is 2.85. The smallest absolute Gasteiger partial charge is 0.301 e. The summed E-state index contributed by atoms with van der Waals surface area (Å²) in [5.74, 6) is 0.402. The minimum absolute atomic E-state index is 0.00794. The summed E-state index contributed by atoms with van der Waals surface area (Å²) in [6.07, 6.45) is 1.39. The van der Waals surface area contributed by atoms with Crippen molar-refractivity contribution in [3.8, 4) is 11.5 Å². The van der Waals surface area contributed by atoms with Gasteiger partial charge in [0.15, 0.2) is 18.1 Å². The van der Waals surface area contributed by atoms with Gasteiger partial charge in [-0.1, -0.05) is 17.7 Å². The molecule has 0 saturated carbocycles. The van der Waals surface area contributed by atoms with Gasteiger partial charge in [-0.3, -0.25) is 30.4 Å². The topological polar surface area (TPSA) is 158 Å². The molecule has 1 amide bonds. The fourth-order valence-electron chi connectivity index (χ4n) is 3.03. The van der Waals surface area contributed by atoms with Gasteiger partial charge in [0.1, 0.15) is 5.69 Å². The number of aryl methyl sites for hydroxylation is 1. The number of hydrazone groups is 1. The Kier molecular flexibility index (Phi) is 8.49. The van der Waals surface area contributed by atoms with Crippen LogP contribution in [0.5, 0.6) is 11.5 Å². The van der Waals surface area contributed by atoms with Crippen molar-refractivity contribution in [2.45, 2.75) is 13.8 Å². The molecule has 0 radical (unpaired) electrons. The highest BCUT2D eigenvalue weighted by atomic mass is 16.6. The highest BCUT2D eigenvalue weighted by Gasteiger charge is 2.19. The predicted molar refractivity (Wildman–Crippen MR) is 134 cm³/mol. The van der Waals surface area contributed by atoms with Crippen molar-refractivity contribution in [2.24, 2.45) is 5.10 Å². The van der Waals surface area contributed by atoms with Crippen molar-refractivity contribution in [1.29, 1.82) is 0 Å². The lowest BCUT2D eigenvalue weighted by Crippen LogP contribution is -2.20. The molecule has 0 aliphatic carbocycles. The molecule has 12 heteroatoms. The summed E-state index contributed by atoms with van der Waals surface area (Å²) in [6.45, 7) is 3.87. The van der Waals surface area contributed by atoms with Gasteiger partial charge in [0, 0.05) is 11.8 Å². The summed E-state index contributed by atoms with van der Waals surface area (Å²) in [4.78, 5) is 32.9. The lowest BCUT2D eigenvalue weighted by atomic mass is 10.2. The van der Waals surface area contributed by atoms with Gasteiger partial charge in [0.05, 0.1) is 28.7 Å². The highest BCUT2D eigenvalue weighted by molar-refractivity contribution is 5.92. The van der Waals surface area contributed by atoms with E-state index >= 15 is 0 Å². The molecular weight excluding hydrogens is 470 g/mol. The number of anilines is 2. The third-order valence-corrected chi connectivity index (χ3v) is 4.75. The number of nitro groups is 2. The van der Waals surface area contributed by atoms with Crippen LogP contribution in [-0.4, -0.2) is 35.2 Å². The Morgan fingerprint density at radius 2 is 1.72 bits per heavy atom. The lowest BCUT2D eigenvalue weighted by Gasteiger charge is -2.13. The molecule has 36 heavy (non-hydrogen) atoms. The van der Waals surface area contributed by atoms with E-state index < -0.39 is 21.2 Å². The molecule has 3 aromatic carbocycles. The third-order valence-electron chi connectivity index (χ3n) is 4.75. The SMILES string of the molecule is CCOc1cc(/C=N/Nc2ccc([N+](=O)[O-])cc2[N+](=O)[O-])ccc1OCC(=O)Nc1ccc(C)cc1. The van der Waals surface area contributed by atoms with Crippen LogP contribution in [0.4, 0.5) is 22.7 Å². The second-order valence-electron chi connectivity index (χ2n) is 7.43. The Balaban J connectivity index is 1.67. The van der Waals surface area contributed by atoms with Crippen LogP contribution in [0.25, 0.3) is 0 Å². The van der Waals surface area contributed by atoms with Crippen molar-refractivity contribution in [1.82, 2.24) is 0 Å². The Morgan fingerprint density at radius 1 is 0.972 bits per heavy atom. The van der Waals surface area contributed by atoms with E-state index in [1.54, 1.807) is 37.3 Å². The van der Waals surface area contributed by atoms with Gasteiger partial charge < -0.3 is 14.8 Å². The fourth-order valence-corrected chi connectivity index (χ4v) is 3.03. The molecule has 0 bridgehead atoms. The second kappa shape index (κ2) is 11.9. The van der Waals surface area contributed by atoms with Crippen molar-refractivity contribution in [3.05, 3.63) is 92.0 Å². The molecule has 3 aromatic rings. The highest BCUT2D eigenvalue weighted by Crippen LogP contribution is 2.30. The van der Waals surface area contributed by atoms with E-state index in [1.807, 2.05) is 19.1 Å². The van der Waals surface area contributed by atoms with Gasteiger partial charge >= 0.3 is 5.69 Å². The molecule has 0 aliphatic heterocycles. The van der Waals surface area contributed by atoms with Crippen LogP contribution in [-0.2, 0) is 4.79 Å².